The summed E-state index contributed by atoms with van der Waals surface area (Å²) in [5, 5.41) is 39.5. The van der Waals surface area contributed by atoms with E-state index >= 15 is 0 Å². The van der Waals surface area contributed by atoms with Crippen LogP contribution in [0.5, 0.6) is 0 Å². The average Bonchev–Trinajstić information content (AvgIpc) is 1.73. The van der Waals surface area contributed by atoms with E-state index in [0.717, 1.165) is 0 Å². The Balaban J connectivity index is 1.82. The number of imidazole rings is 1. The summed E-state index contributed by atoms with van der Waals surface area (Å²) in [5.74, 6) is -14.9. The largest absolute Gasteiger partial charge is 0.480 e. The van der Waals surface area contributed by atoms with Gasteiger partial charge in [-0.1, -0.05) is 26.2 Å². The van der Waals surface area contributed by atoms with Crippen LogP contribution in [-0.2, 0) is 83.1 Å². The van der Waals surface area contributed by atoms with Gasteiger partial charge in [0, 0.05) is 63.2 Å². The second-order valence-electron chi connectivity index (χ2n) is 27.4. The van der Waals surface area contributed by atoms with Crippen molar-refractivity contribution in [3.05, 3.63) is 18.2 Å². The fourth-order valence-corrected chi connectivity index (χ4v) is 12.4. The predicted molar refractivity (Wildman–Crippen MR) is 422 cm³/mol. The van der Waals surface area contributed by atoms with Crippen LogP contribution in [0.25, 0.3) is 0 Å². The Hall–Kier alpha value is -11.2. The van der Waals surface area contributed by atoms with Crippen molar-refractivity contribution in [2.45, 2.75) is 215 Å². The lowest BCUT2D eigenvalue weighted by Gasteiger charge is -2.29. The number of likely N-dealkylation sites (tertiary alicyclic amines) is 2. The quantitative estimate of drug-likeness (QED) is 0.0125. The first-order chi connectivity index (χ1) is 54.7. The summed E-state index contributed by atoms with van der Waals surface area (Å²) in [5.41, 5.74) is 56.6. The minimum absolute atomic E-state index is 0.0184. The molecule has 34 N–H and O–H groups in total. The van der Waals surface area contributed by atoms with E-state index in [4.69, 9.17) is 62.4 Å². The Morgan fingerprint density at radius 3 is 1.37 bits per heavy atom. The van der Waals surface area contributed by atoms with E-state index in [2.05, 4.69) is 101 Å². The molecule has 0 spiro atoms. The maximum absolute atomic E-state index is 14.7. The van der Waals surface area contributed by atoms with E-state index < -0.39 is 200 Å². The molecule has 47 heteroatoms. The molecule has 46 nitrogen and oxygen atoms in total. The van der Waals surface area contributed by atoms with E-state index in [1.807, 2.05) is 0 Å². The van der Waals surface area contributed by atoms with Crippen molar-refractivity contribution in [2.75, 3.05) is 77.7 Å². The van der Waals surface area contributed by atoms with Crippen molar-refractivity contribution in [3.63, 3.8) is 0 Å². The molecule has 0 aromatic carbocycles. The fraction of sp³-hybridized carbons (Fsp3) is 0.676. The van der Waals surface area contributed by atoms with Crippen LogP contribution in [0.1, 0.15) is 147 Å². The lowest BCUT2D eigenvalue weighted by molar-refractivity contribution is -0.141. The van der Waals surface area contributed by atoms with E-state index in [1.54, 1.807) is 6.92 Å². The number of rotatable bonds is 56. The first-order valence-electron chi connectivity index (χ1n) is 38.3. The number of aromatic amines is 1. The van der Waals surface area contributed by atoms with Crippen LogP contribution in [0.15, 0.2) is 27.5 Å². The number of aliphatic carboxylic acids is 1. The van der Waals surface area contributed by atoms with Crippen molar-refractivity contribution in [2.24, 2.45) is 72.3 Å². The molecule has 15 amide bonds. The Labute approximate surface area is 670 Å². The van der Waals surface area contributed by atoms with Gasteiger partial charge >= 0.3 is 5.97 Å². The second kappa shape index (κ2) is 53.7. The standard InChI is InChI=1S/C68H119N29O17S/c1-2-3-14-40(57(106)91-42(16-8-25-80-66(73)74)59(108)92-43(17-9-26-81-67(75)76)60(109)93-44(18-10-27-82-68(77)78)61(110)95-47(36-115)56(105)86-35-54(102)103)89-58(107)41(15-5-7-24-70)90-62(111)45(21-22-50(72)98)94-64(113)49-20-11-28-96(49)53(101)34-83-51(99)32-85-63(112)48-19-12-29-97(48)65(114)46(30-38-31-79-37-87-38)88-52(100)33-84-55(104)39(71)13-4-6-23-69/h31,37,39-49,115H,2-30,32-36,69-71H2,1H3,(H2,72,98)(H,79,87)(H,83,99)(H,84,104)(H,85,112)(H,86,105)(H,88,100)(H,89,107)(H,90,111)(H,91,106)(H,92,108)(H,93,109)(H,94,113)(H,95,110)(H,102,103)(H4,73,74,80)(H4,75,76,81)(H4,77,78,82)/t39-,40-,41-,42-,43-,44-,45-,46-,47-,48-,49-/m0/s1. The number of hydrogen-bond donors (Lipinski definition) is 25. The number of thiol groups is 1. The summed E-state index contributed by atoms with van der Waals surface area (Å²) in [7, 11) is 0. The van der Waals surface area contributed by atoms with E-state index in [0.29, 0.717) is 63.6 Å². The van der Waals surface area contributed by atoms with Crippen LogP contribution in [-0.4, -0.2) is 282 Å². The summed E-state index contributed by atoms with van der Waals surface area (Å²) in [6.07, 6.45) is 5.43. The van der Waals surface area contributed by atoms with Gasteiger partial charge in [0.1, 0.15) is 67.0 Å². The van der Waals surface area contributed by atoms with Gasteiger partial charge in [0.05, 0.1) is 32.0 Å². The summed E-state index contributed by atoms with van der Waals surface area (Å²) in [4.78, 5) is 239. The predicted octanol–water partition coefficient (Wildman–Crippen LogP) is -10.5. The third-order valence-corrected chi connectivity index (χ3v) is 18.6. The first-order valence-corrected chi connectivity index (χ1v) is 38.9. The molecular weight excluding hydrogens is 1530 g/mol. The van der Waals surface area contributed by atoms with Crippen molar-refractivity contribution in [1.29, 1.82) is 0 Å². The third kappa shape index (κ3) is 38.0. The number of carboxylic acid groups (broad SMARTS) is 1. The Morgan fingerprint density at radius 2 is 0.922 bits per heavy atom. The molecule has 2 fully saturated rings. The molecular formula is C68H119N29O17S. The summed E-state index contributed by atoms with van der Waals surface area (Å²) in [6, 6.07) is -14.7. The van der Waals surface area contributed by atoms with Gasteiger partial charge < -0.3 is 141 Å². The lowest BCUT2D eigenvalue weighted by Crippen LogP contribution is -2.60. The average molecular weight is 1650 g/mol. The van der Waals surface area contributed by atoms with Crippen LogP contribution in [0.2, 0.25) is 0 Å². The number of nitrogens with one attached hydrogen (secondary N) is 13. The maximum atomic E-state index is 14.7. The molecule has 0 bridgehead atoms. The highest BCUT2D eigenvalue weighted by molar-refractivity contribution is 7.80. The van der Waals surface area contributed by atoms with Gasteiger partial charge in [0.2, 0.25) is 88.6 Å². The minimum Gasteiger partial charge on any atom is -0.480 e. The molecule has 3 rings (SSSR count). The zero-order chi connectivity index (χ0) is 85.5. The number of aliphatic imine (C=N–C) groups is 3. The zero-order valence-corrected chi connectivity index (χ0v) is 65.8. The van der Waals surface area contributed by atoms with Crippen LogP contribution in [0.4, 0.5) is 0 Å². The Morgan fingerprint density at radius 1 is 0.487 bits per heavy atom. The van der Waals surface area contributed by atoms with E-state index in [9.17, 15) is 76.7 Å². The van der Waals surface area contributed by atoms with Crippen molar-refractivity contribution >= 4 is 125 Å². The third-order valence-electron chi connectivity index (χ3n) is 18.3. The van der Waals surface area contributed by atoms with E-state index in [1.165, 1.54) is 22.3 Å². The number of nitrogens with zero attached hydrogens (tertiary/aromatic N) is 6. The summed E-state index contributed by atoms with van der Waals surface area (Å²) in [6.45, 7) is -0.160. The highest BCUT2D eigenvalue weighted by Crippen LogP contribution is 2.21. The number of guanidine groups is 3. The van der Waals surface area contributed by atoms with Gasteiger partial charge in [-0.15, -0.1) is 0 Å². The van der Waals surface area contributed by atoms with Gasteiger partial charge in [-0.25, -0.2) is 4.98 Å². The molecule has 2 aliphatic rings. The Bertz CT molecular complexity index is 3490. The van der Waals surface area contributed by atoms with Gasteiger partial charge in [-0.2, -0.15) is 12.6 Å². The van der Waals surface area contributed by atoms with Gasteiger partial charge in [-0.05, 0) is 122 Å². The van der Waals surface area contributed by atoms with Crippen molar-refractivity contribution in [3.8, 4) is 0 Å². The molecule has 0 unspecified atom stereocenters. The number of carbonyl (C=O) groups is 16. The number of aromatic nitrogens is 2. The lowest BCUT2D eigenvalue weighted by atomic mass is 10.0. The van der Waals surface area contributed by atoms with Crippen LogP contribution < -0.4 is 121 Å². The Kier molecular flexibility index (Phi) is 45.8. The zero-order valence-electron chi connectivity index (χ0n) is 64.9. The van der Waals surface area contributed by atoms with E-state index in [-0.39, 0.29) is 140 Å². The highest BCUT2D eigenvalue weighted by Gasteiger charge is 2.41. The smallest absolute Gasteiger partial charge is 0.322 e. The number of unbranched alkanes of at least 4 members (excludes halogenated alkanes) is 3. The first kappa shape index (κ1) is 98.0. The van der Waals surface area contributed by atoms with Crippen molar-refractivity contribution in [1.82, 2.24) is 83.6 Å². The van der Waals surface area contributed by atoms with Gasteiger partial charge in [-0.3, -0.25) is 91.7 Å². The minimum atomic E-state index is -1.57. The van der Waals surface area contributed by atoms with Crippen LogP contribution in [0, 0.1) is 0 Å². The normalized spacial score (nSPS) is 15.9. The number of hydrogen-bond acceptors (Lipinski definition) is 24. The topological polar surface area (TPSA) is 770 Å². The number of H-pyrrole nitrogens is 1. The molecule has 0 aliphatic carbocycles. The highest BCUT2D eigenvalue weighted by atomic mass is 32.1. The number of primary amides is 1. The molecule has 11 atom stereocenters. The number of nitrogens with two attached hydrogens (primary N) is 10. The molecule has 1 aromatic rings. The van der Waals surface area contributed by atoms with Gasteiger partial charge in [0.25, 0.3) is 0 Å². The summed E-state index contributed by atoms with van der Waals surface area (Å²) < 4.78 is 0. The summed E-state index contributed by atoms with van der Waals surface area (Å²) >= 11 is 4.12. The fourth-order valence-electron chi connectivity index (χ4n) is 12.2. The maximum Gasteiger partial charge on any atom is 0.322 e. The second-order valence-corrected chi connectivity index (χ2v) is 27.8. The molecule has 2 aliphatic heterocycles. The molecule has 1 aromatic heterocycles. The SMILES string of the molecule is CCCC[C@H](NC(=O)[C@H](CCCCN)NC(=O)[C@H](CCC(N)=O)NC(=O)[C@@H]1CCCN1C(=O)CNC(=O)CNC(=O)[C@@H]1CCCN1C(=O)[C@H](Cc1cnc[nH]1)NC(=O)CNC(=O)[C@@H](N)CCCCN)C(=O)N[C@@H](CCCN=C(N)N)C(=O)N[C@@H](CCCN=C(N)N)C(=O)N[C@@H](CCCN=C(N)N)C(=O)N[C@@H](CS)C(=O)NCC(=O)O. The van der Waals surface area contributed by atoms with Gasteiger partial charge in [0.15, 0.2) is 17.9 Å². The molecule has 0 radical (unpaired) electrons. The van der Waals surface area contributed by atoms with Crippen LogP contribution >= 0.6 is 12.6 Å². The van der Waals surface area contributed by atoms with Crippen molar-refractivity contribution < 1.29 is 81.8 Å². The number of amides is 15. The monoisotopic (exact) mass is 1650 g/mol. The molecule has 115 heavy (non-hydrogen) atoms. The molecule has 3 heterocycles. The number of carbonyl (C=O) groups excluding carboxylic acids is 15. The molecule has 644 valence electrons. The molecule has 2 saturated heterocycles. The number of carboxylic acids is 1. The van der Waals surface area contributed by atoms with Crippen LogP contribution in [0.3, 0.4) is 0 Å². The molecule has 0 saturated carbocycles.